The van der Waals surface area contributed by atoms with Crippen LogP contribution in [0.5, 0.6) is 0 Å². The molecule has 0 aromatic rings. The maximum Gasteiger partial charge on any atom is -0.00300 e. The highest BCUT2D eigenvalue weighted by molar-refractivity contribution is 5.32. The fourth-order valence-corrected chi connectivity index (χ4v) is 9.72. The van der Waals surface area contributed by atoms with E-state index in [1.54, 1.807) is 0 Å². The Morgan fingerprint density at radius 2 is 1.76 bits per heavy atom. The quantitative estimate of drug-likeness (QED) is 0.411. The smallest absolute Gasteiger partial charge is 0.00300 e. The molecule has 0 aromatic carbocycles. The predicted octanol–water partition coefficient (Wildman–Crippen LogP) is 8.30. The van der Waals surface area contributed by atoms with Gasteiger partial charge in [-0.3, -0.25) is 0 Å². The van der Waals surface area contributed by atoms with Crippen LogP contribution < -0.4 is 0 Å². The molecule has 0 N–H and O–H groups in total. The average Bonchev–Trinajstić information content (AvgIpc) is 3.16. The molecule has 5 aliphatic carbocycles. The molecule has 0 heterocycles. The molecule has 0 aliphatic heterocycles. The molecule has 10 atom stereocenters. The Balaban J connectivity index is 1.36. The highest BCUT2D eigenvalue weighted by Crippen LogP contribution is 2.80. The fourth-order valence-electron chi connectivity index (χ4n) is 9.72. The zero-order valence-corrected chi connectivity index (χ0v) is 20.1. The summed E-state index contributed by atoms with van der Waals surface area (Å²) in [7, 11) is 0. The van der Waals surface area contributed by atoms with Gasteiger partial charge in [0.15, 0.2) is 0 Å². The van der Waals surface area contributed by atoms with E-state index in [1.807, 2.05) is 0 Å². The van der Waals surface area contributed by atoms with Crippen LogP contribution in [0.3, 0.4) is 0 Å². The molecule has 0 nitrogen and oxygen atoms in total. The Morgan fingerprint density at radius 3 is 2.45 bits per heavy atom. The summed E-state index contributed by atoms with van der Waals surface area (Å²) in [5, 5.41) is 0. The summed E-state index contributed by atoms with van der Waals surface area (Å²) < 4.78 is 0. The molecule has 0 heteroatoms. The van der Waals surface area contributed by atoms with Crippen LogP contribution in [0, 0.1) is 63.6 Å². The van der Waals surface area contributed by atoms with Crippen molar-refractivity contribution in [3.05, 3.63) is 24.3 Å². The van der Waals surface area contributed by atoms with Crippen molar-refractivity contribution in [1.29, 1.82) is 0 Å². The first kappa shape index (κ1) is 20.4. The number of hydrogen-bond acceptors (Lipinski definition) is 0. The van der Waals surface area contributed by atoms with Gasteiger partial charge in [-0.25, -0.2) is 0 Å². The number of fused-ring (bicyclic) bond motifs is 4. The minimum Gasteiger partial charge on any atom is -0.0851 e. The van der Waals surface area contributed by atoms with Gasteiger partial charge in [-0.1, -0.05) is 65.8 Å². The normalized spacial score (nSPS) is 52.2. The lowest BCUT2D eigenvalue weighted by molar-refractivity contribution is -0.0501. The van der Waals surface area contributed by atoms with Crippen molar-refractivity contribution >= 4 is 0 Å². The van der Waals surface area contributed by atoms with Crippen molar-refractivity contribution in [3.63, 3.8) is 0 Å². The summed E-state index contributed by atoms with van der Waals surface area (Å²) in [5.74, 6) is 7.00. The van der Waals surface area contributed by atoms with E-state index in [9.17, 15) is 0 Å². The zero-order chi connectivity index (χ0) is 20.6. The first-order chi connectivity index (χ1) is 13.8. The van der Waals surface area contributed by atoms with Crippen molar-refractivity contribution in [2.75, 3.05) is 0 Å². The Kier molecular flexibility index (Phi) is 4.74. The van der Waals surface area contributed by atoms with Crippen LogP contribution >= 0.6 is 0 Å². The fraction of sp³-hybridized carbons (Fsp3) is 0.862. The molecular formula is C29H46. The van der Waals surface area contributed by atoms with E-state index in [0.717, 1.165) is 47.3 Å². The number of allylic oxidation sites excluding steroid dienone is 4. The van der Waals surface area contributed by atoms with Gasteiger partial charge >= 0.3 is 0 Å². The van der Waals surface area contributed by atoms with Crippen LogP contribution in [0.15, 0.2) is 24.3 Å². The summed E-state index contributed by atoms with van der Waals surface area (Å²) in [6, 6.07) is 0. The third kappa shape index (κ3) is 2.69. The zero-order valence-electron chi connectivity index (χ0n) is 20.1. The van der Waals surface area contributed by atoms with E-state index in [-0.39, 0.29) is 0 Å². The van der Waals surface area contributed by atoms with Crippen LogP contribution in [-0.4, -0.2) is 0 Å². The molecule has 0 radical (unpaired) electrons. The highest BCUT2D eigenvalue weighted by Gasteiger charge is 2.72. The lowest BCUT2D eigenvalue weighted by Gasteiger charge is -2.57. The standard InChI is InChI=1S/C29H46/c1-7-21(19(2)3)9-8-20(4)24-10-11-25-23-13-17-29-18-22(29)12-16-28(29,6)26(23)14-15-27(24,25)5/h8-9,13,17,19-26H,7,10-12,14-16,18H2,1-6H3. The maximum atomic E-state index is 2.77. The van der Waals surface area contributed by atoms with Gasteiger partial charge in [0.2, 0.25) is 0 Å². The molecule has 10 unspecified atom stereocenters. The molecule has 0 saturated heterocycles. The van der Waals surface area contributed by atoms with Gasteiger partial charge < -0.3 is 0 Å². The summed E-state index contributed by atoms with van der Waals surface area (Å²) in [6.45, 7) is 15.1. The van der Waals surface area contributed by atoms with Gasteiger partial charge in [0, 0.05) is 0 Å². The van der Waals surface area contributed by atoms with Crippen LogP contribution in [-0.2, 0) is 0 Å². The average molecular weight is 395 g/mol. The molecule has 4 fully saturated rings. The molecule has 0 amide bonds. The Hall–Kier alpha value is -0.520. The van der Waals surface area contributed by atoms with Crippen molar-refractivity contribution < 1.29 is 0 Å². The van der Waals surface area contributed by atoms with Gasteiger partial charge in [-0.15, -0.1) is 0 Å². The third-order valence-electron chi connectivity index (χ3n) is 11.7. The van der Waals surface area contributed by atoms with Crippen LogP contribution in [0.1, 0.15) is 92.9 Å². The van der Waals surface area contributed by atoms with E-state index < -0.39 is 0 Å². The van der Waals surface area contributed by atoms with Crippen LogP contribution in [0.4, 0.5) is 0 Å². The van der Waals surface area contributed by atoms with E-state index in [0.29, 0.717) is 16.2 Å². The molecule has 4 saturated carbocycles. The predicted molar refractivity (Wildman–Crippen MR) is 124 cm³/mol. The summed E-state index contributed by atoms with van der Waals surface area (Å²) in [5.41, 5.74) is 1.84. The second-order valence-electron chi connectivity index (χ2n) is 12.8. The van der Waals surface area contributed by atoms with Gasteiger partial charge in [0.25, 0.3) is 0 Å². The molecular weight excluding hydrogens is 348 g/mol. The highest BCUT2D eigenvalue weighted by atomic mass is 14.8. The van der Waals surface area contributed by atoms with Crippen molar-refractivity contribution in [2.45, 2.75) is 92.9 Å². The van der Waals surface area contributed by atoms with E-state index in [1.165, 1.54) is 51.4 Å². The van der Waals surface area contributed by atoms with Crippen LogP contribution in [0.25, 0.3) is 0 Å². The largest absolute Gasteiger partial charge is 0.0851 e. The van der Waals surface area contributed by atoms with Crippen molar-refractivity contribution in [1.82, 2.24) is 0 Å². The lowest BCUT2D eigenvalue weighted by Crippen LogP contribution is -2.50. The van der Waals surface area contributed by atoms with E-state index in [4.69, 9.17) is 0 Å². The second-order valence-corrected chi connectivity index (χ2v) is 12.8. The molecule has 162 valence electrons. The summed E-state index contributed by atoms with van der Waals surface area (Å²) in [4.78, 5) is 0. The Labute approximate surface area is 181 Å². The van der Waals surface area contributed by atoms with Crippen molar-refractivity contribution in [3.8, 4) is 0 Å². The van der Waals surface area contributed by atoms with Gasteiger partial charge in [-0.05, 0) is 115 Å². The molecule has 0 aromatic heterocycles. The topological polar surface area (TPSA) is 0 Å². The molecule has 1 spiro atoms. The Bertz CT molecular complexity index is 699. The monoisotopic (exact) mass is 394 g/mol. The minimum atomic E-state index is 0.567. The second kappa shape index (κ2) is 6.74. The van der Waals surface area contributed by atoms with E-state index in [2.05, 4.69) is 65.8 Å². The van der Waals surface area contributed by atoms with Gasteiger partial charge in [-0.2, -0.15) is 0 Å². The van der Waals surface area contributed by atoms with E-state index >= 15 is 0 Å². The Morgan fingerprint density at radius 1 is 0.966 bits per heavy atom. The summed E-state index contributed by atoms with van der Waals surface area (Å²) in [6.07, 6.45) is 22.5. The minimum absolute atomic E-state index is 0.567. The van der Waals surface area contributed by atoms with Crippen molar-refractivity contribution in [2.24, 2.45) is 63.6 Å². The first-order valence-corrected chi connectivity index (χ1v) is 13.1. The number of hydrogen-bond donors (Lipinski definition) is 0. The lowest BCUT2D eigenvalue weighted by atomic mass is 9.48. The molecule has 29 heavy (non-hydrogen) atoms. The summed E-state index contributed by atoms with van der Waals surface area (Å²) >= 11 is 0. The number of rotatable bonds is 5. The molecule has 5 rings (SSSR count). The third-order valence-corrected chi connectivity index (χ3v) is 11.7. The van der Waals surface area contributed by atoms with Crippen LogP contribution in [0.2, 0.25) is 0 Å². The molecule has 5 aliphatic rings. The van der Waals surface area contributed by atoms with Gasteiger partial charge in [0.05, 0.1) is 0 Å². The first-order valence-electron chi connectivity index (χ1n) is 13.1. The maximum absolute atomic E-state index is 2.77. The molecule has 0 bridgehead atoms. The van der Waals surface area contributed by atoms with Gasteiger partial charge in [0.1, 0.15) is 0 Å². The SMILES string of the molecule is CCC(C=CC(C)C1CCC2C3C=CC45CC4CCC5(C)C3CCC12C)C(C)C.